The normalized spacial score (nSPS) is 18.1. The van der Waals surface area contributed by atoms with E-state index < -0.39 is 5.67 Å². The van der Waals surface area contributed by atoms with Gasteiger partial charge in [0.05, 0.1) is 17.9 Å². The van der Waals surface area contributed by atoms with Crippen LogP contribution in [-0.4, -0.2) is 62.7 Å². The van der Waals surface area contributed by atoms with Crippen LogP contribution < -0.4 is 10.6 Å². The molecule has 0 aromatic carbocycles. The summed E-state index contributed by atoms with van der Waals surface area (Å²) in [5, 5.41) is 17.8. The van der Waals surface area contributed by atoms with E-state index in [1.165, 1.54) is 11.1 Å². The zero-order valence-electron chi connectivity index (χ0n) is 30.1. The first-order valence-electron chi connectivity index (χ1n) is 17.4. The zero-order valence-corrected chi connectivity index (χ0v) is 30.1. The number of alkyl halides is 1. The van der Waals surface area contributed by atoms with Gasteiger partial charge in [-0.2, -0.15) is 5.10 Å². The summed E-state index contributed by atoms with van der Waals surface area (Å²) in [5.74, 6) is 2.11. The number of aromatic amines is 1. The molecule has 2 unspecified atom stereocenters. The van der Waals surface area contributed by atoms with Crippen molar-refractivity contribution in [1.82, 2.24) is 30.4 Å². The number of ether oxygens (including phenoxy) is 1. The molecule has 2 aromatic heterocycles. The van der Waals surface area contributed by atoms with Crippen molar-refractivity contribution in [2.45, 2.75) is 131 Å². The number of amides is 2. The Labute approximate surface area is 281 Å². The van der Waals surface area contributed by atoms with Crippen molar-refractivity contribution in [1.29, 1.82) is 5.41 Å². The Balaban J connectivity index is 0.000000290. The van der Waals surface area contributed by atoms with Crippen LogP contribution in [0.15, 0.2) is 29.6 Å². The lowest BCUT2D eigenvalue weighted by molar-refractivity contribution is -0.122. The molecule has 264 valence electrons. The fourth-order valence-corrected chi connectivity index (χ4v) is 5.83. The van der Waals surface area contributed by atoms with Gasteiger partial charge in [-0.05, 0) is 104 Å². The van der Waals surface area contributed by atoms with Gasteiger partial charge in [-0.1, -0.05) is 32.3 Å². The van der Waals surface area contributed by atoms with E-state index >= 15 is 0 Å². The summed E-state index contributed by atoms with van der Waals surface area (Å²) < 4.78 is 20.6. The van der Waals surface area contributed by atoms with E-state index in [0.29, 0.717) is 30.5 Å². The quantitative estimate of drug-likeness (QED) is 0.139. The molecule has 4 N–H and O–H groups in total. The Morgan fingerprint density at radius 1 is 1.21 bits per heavy atom. The molecular weight excluding hydrogens is 597 g/mol. The lowest BCUT2D eigenvalue weighted by Crippen LogP contribution is -2.33. The Bertz CT molecular complexity index is 1280. The van der Waals surface area contributed by atoms with Gasteiger partial charge < -0.3 is 25.8 Å². The number of carbonyl (C=O) groups is 2. The lowest BCUT2D eigenvalue weighted by atomic mass is 9.85. The van der Waals surface area contributed by atoms with Crippen molar-refractivity contribution in [2.75, 3.05) is 19.8 Å². The number of aromatic nitrogens is 4. The molecule has 2 aliphatic rings. The van der Waals surface area contributed by atoms with Gasteiger partial charge in [0, 0.05) is 44.6 Å². The van der Waals surface area contributed by atoms with Gasteiger partial charge in [0.15, 0.2) is 0 Å². The molecule has 10 nitrogen and oxygen atoms in total. The number of H-pyrrole nitrogens is 1. The van der Waals surface area contributed by atoms with Crippen molar-refractivity contribution in [2.24, 2.45) is 11.8 Å². The first-order chi connectivity index (χ1) is 22.2. The number of piperidine rings is 1. The van der Waals surface area contributed by atoms with E-state index in [1.54, 1.807) is 37.0 Å². The Morgan fingerprint density at radius 2 is 1.91 bits per heavy atom. The van der Waals surface area contributed by atoms with Crippen LogP contribution in [0.4, 0.5) is 4.39 Å². The number of aryl methyl sites for hydroxylation is 2. The highest BCUT2D eigenvalue weighted by Crippen LogP contribution is 2.28. The third-order valence-corrected chi connectivity index (χ3v) is 8.70. The van der Waals surface area contributed by atoms with Crippen molar-refractivity contribution >= 4 is 17.5 Å². The predicted molar refractivity (Wildman–Crippen MR) is 186 cm³/mol. The number of carbonyl (C=O) groups excluding carboxylic acids is 2. The number of halogens is 1. The molecule has 47 heavy (non-hydrogen) atoms. The minimum absolute atomic E-state index is 0.164. The lowest BCUT2D eigenvalue weighted by Gasteiger charge is -2.26. The fourth-order valence-electron chi connectivity index (χ4n) is 5.83. The second-order valence-electron chi connectivity index (χ2n) is 13.5. The molecule has 11 heteroatoms. The standard InChI is InChI=1S/C18H28FN5O.C12H21NO.C6H11NO/c1-5-24-16(9-11-21-24)17(25)23-14(15-12-20-13(2)22-15)8-6-7-10-18(3,4)19;1-4-9(2)12(10(3)13)11-5-7-14-8-6-11;1-5-2-3-6(8)7-4-5/h9,11-12,14H,5-8,10H2,1-4H3,(H,20,22)(H,23,25);11,13H,4-8H2,1-3H3;5H,2-4H2,1H3,(H,7,8). The summed E-state index contributed by atoms with van der Waals surface area (Å²) in [6, 6.07) is 1.52. The average molecular weight is 658 g/mol. The molecule has 2 aliphatic heterocycles. The molecule has 2 saturated heterocycles. The van der Waals surface area contributed by atoms with E-state index in [0.717, 1.165) is 88.4 Å². The first-order valence-corrected chi connectivity index (χ1v) is 17.4. The Hall–Kier alpha value is -3.34. The Morgan fingerprint density at radius 3 is 2.43 bits per heavy atom. The summed E-state index contributed by atoms with van der Waals surface area (Å²) in [7, 11) is 0. The summed E-state index contributed by atoms with van der Waals surface area (Å²) in [6.07, 6.45) is 11.2. The molecule has 2 amide bonds. The summed E-state index contributed by atoms with van der Waals surface area (Å²) in [6.45, 7) is 18.6. The maximum absolute atomic E-state index is 13.6. The molecule has 0 radical (unpaired) electrons. The number of nitrogens with zero attached hydrogens (tertiary/aromatic N) is 3. The number of hydrogen-bond donors (Lipinski definition) is 4. The third kappa shape index (κ3) is 14.5. The number of rotatable bonds is 12. The fraction of sp³-hybridized carbons (Fsp3) is 0.694. The van der Waals surface area contributed by atoms with Gasteiger partial charge in [-0.25, -0.2) is 9.37 Å². The second kappa shape index (κ2) is 20.1. The van der Waals surface area contributed by atoms with Gasteiger partial charge in [0.25, 0.3) is 5.91 Å². The molecule has 2 fully saturated rings. The number of imidazole rings is 1. The maximum Gasteiger partial charge on any atom is 0.270 e. The second-order valence-corrected chi connectivity index (χ2v) is 13.5. The molecule has 0 aliphatic carbocycles. The summed E-state index contributed by atoms with van der Waals surface area (Å²) in [4.78, 5) is 30.5. The van der Waals surface area contributed by atoms with E-state index in [-0.39, 0.29) is 17.9 Å². The minimum atomic E-state index is -1.16. The molecular formula is C36H60FN7O3. The summed E-state index contributed by atoms with van der Waals surface area (Å²) >= 11 is 0. The highest BCUT2D eigenvalue weighted by molar-refractivity contribution is 5.96. The highest BCUT2D eigenvalue weighted by Gasteiger charge is 2.22. The van der Waals surface area contributed by atoms with Gasteiger partial charge >= 0.3 is 0 Å². The zero-order chi connectivity index (χ0) is 35.0. The maximum atomic E-state index is 13.6. The minimum Gasteiger partial charge on any atom is -0.381 e. The number of unbranched alkanes of at least 4 members (excludes halogenated alkanes) is 1. The van der Waals surface area contributed by atoms with E-state index in [9.17, 15) is 14.0 Å². The van der Waals surface area contributed by atoms with Crippen LogP contribution in [0.25, 0.3) is 0 Å². The molecule has 0 saturated carbocycles. The average Bonchev–Trinajstić information content (AvgIpc) is 3.70. The van der Waals surface area contributed by atoms with Crippen molar-refractivity contribution < 1.29 is 18.7 Å². The van der Waals surface area contributed by atoms with Gasteiger partial charge in [-0.3, -0.25) is 14.3 Å². The van der Waals surface area contributed by atoms with Crippen LogP contribution in [-0.2, 0) is 16.1 Å². The van der Waals surface area contributed by atoms with Gasteiger partial charge in [0.1, 0.15) is 17.2 Å². The molecule has 4 heterocycles. The van der Waals surface area contributed by atoms with Crippen LogP contribution in [0, 0.1) is 24.2 Å². The van der Waals surface area contributed by atoms with E-state index in [2.05, 4.69) is 46.5 Å². The van der Waals surface area contributed by atoms with Crippen LogP contribution in [0.3, 0.4) is 0 Å². The highest BCUT2D eigenvalue weighted by atomic mass is 19.1. The largest absolute Gasteiger partial charge is 0.381 e. The monoisotopic (exact) mass is 657 g/mol. The number of nitrogens with one attached hydrogen (secondary N) is 4. The Kier molecular flexibility index (Phi) is 17.1. The molecule has 0 bridgehead atoms. The molecule has 2 aromatic rings. The molecule has 0 spiro atoms. The van der Waals surface area contributed by atoms with E-state index in [1.807, 2.05) is 20.8 Å². The van der Waals surface area contributed by atoms with Crippen LogP contribution in [0.1, 0.15) is 134 Å². The first kappa shape index (κ1) is 39.8. The van der Waals surface area contributed by atoms with Crippen LogP contribution >= 0.6 is 0 Å². The van der Waals surface area contributed by atoms with Crippen molar-refractivity contribution in [3.05, 3.63) is 46.8 Å². The van der Waals surface area contributed by atoms with Gasteiger partial charge in [0.2, 0.25) is 5.91 Å². The van der Waals surface area contributed by atoms with Crippen LogP contribution in [0.5, 0.6) is 0 Å². The SMILES string of the molecule is CC1CCC(=O)NC1.CCC(C)=C(C(C)=N)C1CCOCC1.CCn1nccc1C(=O)NC(CCCCC(C)(C)F)c1cnc(C)[nH]1. The number of hydrogen-bond acceptors (Lipinski definition) is 6. The summed E-state index contributed by atoms with van der Waals surface area (Å²) in [5.41, 5.74) is 3.66. The van der Waals surface area contributed by atoms with Crippen LogP contribution in [0.2, 0.25) is 0 Å². The van der Waals surface area contributed by atoms with Gasteiger partial charge in [-0.15, -0.1) is 0 Å². The predicted octanol–water partition coefficient (Wildman–Crippen LogP) is 7.43. The third-order valence-electron chi connectivity index (χ3n) is 8.70. The van der Waals surface area contributed by atoms with E-state index in [4.69, 9.17) is 10.1 Å². The topological polar surface area (TPSA) is 138 Å². The van der Waals surface area contributed by atoms with Crippen molar-refractivity contribution in [3.8, 4) is 0 Å². The van der Waals surface area contributed by atoms with Crippen molar-refractivity contribution in [3.63, 3.8) is 0 Å². The smallest absolute Gasteiger partial charge is 0.270 e. The number of allylic oxidation sites excluding steroid dienone is 2. The molecule has 4 rings (SSSR count). The molecule has 2 atom stereocenters.